The van der Waals surface area contributed by atoms with Crippen molar-refractivity contribution in [1.29, 1.82) is 0 Å². The fourth-order valence-electron chi connectivity index (χ4n) is 2.19. The van der Waals surface area contributed by atoms with Crippen molar-refractivity contribution in [3.63, 3.8) is 0 Å². The van der Waals surface area contributed by atoms with Crippen molar-refractivity contribution in [2.45, 2.75) is 23.8 Å². The number of rotatable bonds is 3. The topological polar surface area (TPSA) is 83.9 Å². The predicted octanol–water partition coefficient (Wildman–Crippen LogP) is 0.619. The summed E-state index contributed by atoms with van der Waals surface area (Å²) in [6, 6.07) is 5.72. The molecule has 0 unspecified atom stereocenters. The zero-order valence-corrected chi connectivity index (χ0v) is 12.0. The van der Waals surface area contributed by atoms with E-state index in [0.717, 1.165) is 0 Å². The average Bonchev–Trinajstić information content (AvgIpc) is 2.46. The van der Waals surface area contributed by atoms with Crippen molar-refractivity contribution >= 4 is 16.0 Å². The third-order valence-electron chi connectivity index (χ3n) is 3.25. The molecule has 7 heteroatoms. The highest BCUT2D eigenvalue weighted by Gasteiger charge is 2.29. The Morgan fingerprint density at radius 3 is 2.85 bits per heavy atom. The van der Waals surface area contributed by atoms with Gasteiger partial charge < -0.3 is 9.84 Å². The Morgan fingerprint density at radius 1 is 1.45 bits per heavy atom. The first-order chi connectivity index (χ1) is 9.45. The van der Waals surface area contributed by atoms with Gasteiger partial charge in [-0.05, 0) is 31.0 Å². The quantitative estimate of drug-likeness (QED) is 0.827. The minimum absolute atomic E-state index is 0.0366. The van der Waals surface area contributed by atoms with Crippen molar-refractivity contribution in [3.05, 3.63) is 29.8 Å². The largest absolute Gasteiger partial charge is 0.465 e. The van der Waals surface area contributed by atoms with Gasteiger partial charge in [0.1, 0.15) is 0 Å². The summed E-state index contributed by atoms with van der Waals surface area (Å²) in [6.07, 6.45) is 0.591. The molecule has 110 valence electrons. The molecule has 1 aromatic rings. The highest BCUT2D eigenvalue weighted by atomic mass is 32.2. The number of hydrogen-bond donors (Lipinski definition) is 1. The molecule has 0 aromatic heterocycles. The molecule has 1 saturated heterocycles. The molecule has 1 aliphatic heterocycles. The van der Waals surface area contributed by atoms with E-state index in [4.69, 9.17) is 0 Å². The summed E-state index contributed by atoms with van der Waals surface area (Å²) in [4.78, 5) is 11.5. The van der Waals surface area contributed by atoms with Gasteiger partial charge in [-0.2, -0.15) is 4.31 Å². The van der Waals surface area contributed by atoms with Gasteiger partial charge in [0.15, 0.2) is 0 Å². The van der Waals surface area contributed by atoms with Crippen LogP contribution in [0.5, 0.6) is 0 Å². The molecule has 0 amide bonds. The normalized spacial score (nSPS) is 20.6. The molecule has 0 saturated carbocycles. The number of hydrogen-bond acceptors (Lipinski definition) is 5. The Bertz CT molecular complexity index is 599. The van der Waals surface area contributed by atoms with Crippen molar-refractivity contribution in [2.24, 2.45) is 0 Å². The lowest BCUT2D eigenvalue weighted by Gasteiger charge is -2.29. The molecular formula is C13H17NO5S. The van der Waals surface area contributed by atoms with Crippen molar-refractivity contribution in [2.75, 3.05) is 20.2 Å². The number of benzene rings is 1. The van der Waals surface area contributed by atoms with Crippen LogP contribution in [0.4, 0.5) is 0 Å². The smallest absolute Gasteiger partial charge is 0.337 e. The van der Waals surface area contributed by atoms with Crippen LogP contribution in [0.2, 0.25) is 0 Å². The maximum Gasteiger partial charge on any atom is 0.337 e. The first-order valence-electron chi connectivity index (χ1n) is 6.32. The molecule has 1 fully saturated rings. The number of β-amino-alcohol motifs (C(OH)–C–C–N with tert-alkyl or cyclic N) is 1. The molecule has 6 nitrogen and oxygen atoms in total. The number of carbonyl (C=O) groups excluding carboxylic acids is 1. The first-order valence-corrected chi connectivity index (χ1v) is 7.76. The Kier molecular flexibility index (Phi) is 4.42. The van der Waals surface area contributed by atoms with Gasteiger partial charge in [-0.1, -0.05) is 6.07 Å². The molecule has 0 aliphatic carbocycles. The molecule has 0 radical (unpaired) electrons. The summed E-state index contributed by atoms with van der Waals surface area (Å²) in [5.74, 6) is -0.583. The van der Waals surface area contributed by atoms with Gasteiger partial charge >= 0.3 is 5.97 Å². The number of carbonyl (C=O) groups is 1. The van der Waals surface area contributed by atoms with Crippen LogP contribution < -0.4 is 0 Å². The number of esters is 1. The van der Waals surface area contributed by atoms with E-state index in [1.54, 1.807) is 0 Å². The van der Waals surface area contributed by atoms with Gasteiger partial charge in [0, 0.05) is 13.1 Å². The molecule has 1 atom stereocenters. The van der Waals surface area contributed by atoms with E-state index < -0.39 is 22.1 Å². The summed E-state index contributed by atoms with van der Waals surface area (Å²) >= 11 is 0. The van der Waals surface area contributed by atoms with Gasteiger partial charge in [-0.25, -0.2) is 13.2 Å². The Morgan fingerprint density at radius 2 is 2.20 bits per heavy atom. The zero-order valence-electron chi connectivity index (χ0n) is 11.2. The van der Waals surface area contributed by atoms with E-state index in [2.05, 4.69) is 4.74 Å². The SMILES string of the molecule is COC(=O)c1cccc(S(=O)(=O)N2CCC[C@H](O)C2)c1. The Hall–Kier alpha value is -1.44. The summed E-state index contributed by atoms with van der Waals surface area (Å²) in [5.41, 5.74) is 0.186. The van der Waals surface area contributed by atoms with Gasteiger partial charge in [-0.3, -0.25) is 0 Å². The van der Waals surface area contributed by atoms with Gasteiger partial charge in [0.2, 0.25) is 10.0 Å². The van der Waals surface area contributed by atoms with Crippen molar-refractivity contribution in [3.8, 4) is 0 Å². The lowest BCUT2D eigenvalue weighted by molar-refractivity contribution is 0.0600. The molecule has 0 bridgehead atoms. The number of sulfonamides is 1. The standard InChI is InChI=1S/C13H17NO5S/c1-19-13(16)10-4-2-6-12(8-10)20(17,18)14-7-3-5-11(15)9-14/h2,4,6,8,11,15H,3,5,7,9H2,1H3/t11-/m0/s1. The van der Waals surface area contributed by atoms with E-state index >= 15 is 0 Å². The van der Waals surface area contributed by atoms with E-state index in [9.17, 15) is 18.3 Å². The minimum atomic E-state index is -3.69. The summed E-state index contributed by atoms with van der Waals surface area (Å²) < 4.78 is 30.7. The number of aliphatic hydroxyl groups is 1. The van der Waals surface area contributed by atoms with Crippen LogP contribution in [0.1, 0.15) is 23.2 Å². The molecule has 1 N–H and O–H groups in total. The lowest BCUT2D eigenvalue weighted by Crippen LogP contribution is -2.42. The van der Waals surface area contributed by atoms with Crippen LogP contribution in [0.15, 0.2) is 29.2 Å². The van der Waals surface area contributed by atoms with Gasteiger partial charge in [-0.15, -0.1) is 0 Å². The summed E-state index contributed by atoms with van der Waals surface area (Å²) in [6.45, 7) is 0.465. The van der Waals surface area contributed by atoms with Crippen LogP contribution >= 0.6 is 0 Å². The molecule has 2 rings (SSSR count). The van der Waals surface area contributed by atoms with Crippen molar-refractivity contribution < 1.29 is 23.1 Å². The molecule has 1 aliphatic rings. The fourth-order valence-corrected chi connectivity index (χ4v) is 3.75. The number of nitrogens with zero attached hydrogens (tertiary/aromatic N) is 1. The van der Waals surface area contributed by atoms with E-state index in [1.807, 2.05) is 0 Å². The van der Waals surface area contributed by atoms with E-state index in [1.165, 1.54) is 35.7 Å². The van der Waals surface area contributed by atoms with Crippen LogP contribution in [-0.4, -0.2) is 50.1 Å². The van der Waals surface area contributed by atoms with Crippen molar-refractivity contribution in [1.82, 2.24) is 4.31 Å². The zero-order chi connectivity index (χ0) is 14.8. The highest BCUT2D eigenvalue weighted by molar-refractivity contribution is 7.89. The number of aliphatic hydroxyl groups excluding tert-OH is 1. The van der Waals surface area contributed by atoms with Crippen LogP contribution in [0, 0.1) is 0 Å². The second-order valence-electron chi connectivity index (χ2n) is 4.68. The van der Waals surface area contributed by atoms with Crippen LogP contribution in [-0.2, 0) is 14.8 Å². The lowest BCUT2D eigenvalue weighted by atomic mass is 10.1. The third-order valence-corrected chi connectivity index (χ3v) is 5.11. The van der Waals surface area contributed by atoms with E-state index in [0.29, 0.717) is 19.4 Å². The van der Waals surface area contributed by atoms with Gasteiger partial charge in [0.25, 0.3) is 0 Å². The average molecular weight is 299 g/mol. The number of methoxy groups -OCH3 is 1. The first kappa shape index (κ1) is 15.0. The van der Waals surface area contributed by atoms with E-state index in [-0.39, 0.29) is 17.0 Å². The molecular weight excluding hydrogens is 282 g/mol. The highest BCUT2D eigenvalue weighted by Crippen LogP contribution is 2.21. The monoisotopic (exact) mass is 299 g/mol. The predicted molar refractivity (Wildman–Crippen MR) is 71.8 cm³/mol. The summed E-state index contributed by atoms with van der Waals surface area (Å²) in [5, 5.41) is 9.59. The second-order valence-corrected chi connectivity index (χ2v) is 6.62. The number of piperidine rings is 1. The summed E-state index contributed by atoms with van der Waals surface area (Å²) in [7, 11) is -2.45. The molecule has 20 heavy (non-hydrogen) atoms. The second kappa shape index (κ2) is 5.90. The Labute approximate surface area is 118 Å². The Balaban J connectivity index is 2.32. The maximum atomic E-state index is 12.5. The molecule has 1 heterocycles. The number of ether oxygens (including phenoxy) is 1. The molecule has 0 spiro atoms. The molecule has 1 aromatic carbocycles. The minimum Gasteiger partial charge on any atom is -0.465 e. The maximum absolute atomic E-state index is 12.5. The van der Waals surface area contributed by atoms with Crippen LogP contribution in [0.25, 0.3) is 0 Å². The van der Waals surface area contributed by atoms with Gasteiger partial charge in [0.05, 0.1) is 23.7 Å². The third kappa shape index (κ3) is 3.00. The van der Waals surface area contributed by atoms with Crippen LogP contribution in [0.3, 0.4) is 0 Å². The fraction of sp³-hybridized carbons (Fsp3) is 0.462.